The van der Waals surface area contributed by atoms with Crippen LogP contribution in [0.2, 0.25) is 0 Å². The molecule has 1 aliphatic heterocycles. The van der Waals surface area contributed by atoms with E-state index in [1.165, 1.54) is 0 Å². The third-order valence-electron chi connectivity index (χ3n) is 4.08. The van der Waals surface area contributed by atoms with Gasteiger partial charge in [0.25, 0.3) is 0 Å². The molecule has 4 heteroatoms. The maximum absolute atomic E-state index is 9.90. The van der Waals surface area contributed by atoms with E-state index >= 15 is 0 Å². The number of morpholine rings is 1. The van der Waals surface area contributed by atoms with Gasteiger partial charge in [-0.15, -0.1) is 0 Å². The summed E-state index contributed by atoms with van der Waals surface area (Å²) in [6.45, 7) is 8.17. The van der Waals surface area contributed by atoms with Gasteiger partial charge in [-0.2, -0.15) is 5.26 Å². The van der Waals surface area contributed by atoms with Gasteiger partial charge in [-0.05, 0) is 25.5 Å². The van der Waals surface area contributed by atoms with Crippen LogP contribution in [0.25, 0.3) is 0 Å². The molecule has 2 rings (SSSR count). The predicted molar refractivity (Wildman–Crippen MR) is 83.9 cm³/mol. The Kier molecular flexibility index (Phi) is 5.75. The van der Waals surface area contributed by atoms with Crippen molar-refractivity contribution in [3.05, 3.63) is 35.9 Å². The van der Waals surface area contributed by atoms with Crippen molar-refractivity contribution in [3.63, 3.8) is 0 Å². The second-order valence-corrected chi connectivity index (χ2v) is 5.70. The highest BCUT2D eigenvalue weighted by molar-refractivity contribution is 5.32. The molecule has 2 unspecified atom stereocenters. The molecule has 2 atom stereocenters. The summed E-state index contributed by atoms with van der Waals surface area (Å²) >= 11 is 0. The molecule has 1 aliphatic rings. The number of ether oxygens (including phenoxy) is 1. The molecule has 21 heavy (non-hydrogen) atoms. The molecule has 1 heterocycles. The molecule has 0 aliphatic carbocycles. The lowest BCUT2D eigenvalue weighted by Gasteiger charge is -2.39. The largest absolute Gasteiger partial charge is 0.379 e. The number of hydrogen-bond donors (Lipinski definition) is 1. The molecule has 1 aromatic carbocycles. The maximum Gasteiger partial charge on any atom is 0.145 e. The summed E-state index contributed by atoms with van der Waals surface area (Å²) in [4.78, 5) is 2.35. The molecule has 1 aromatic rings. The molecule has 0 bridgehead atoms. The SMILES string of the molecule is CCCNC(C#N)(CN1CCOCC1C)c1ccccc1. The Bertz CT molecular complexity index is 471. The van der Waals surface area contributed by atoms with Gasteiger partial charge in [0.2, 0.25) is 0 Å². The number of nitrogens with one attached hydrogen (secondary N) is 1. The van der Waals surface area contributed by atoms with Crippen LogP contribution >= 0.6 is 0 Å². The first-order chi connectivity index (χ1) is 10.2. The summed E-state index contributed by atoms with van der Waals surface area (Å²) < 4.78 is 5.50. The smallest absolute Gasteiger partial charge is 0.145 e. The van der Waals surface area contributed by atoms with E-state index in [9.17, 15) is 5.26 Å². The van der Waals surface area contributed by atoms with Gasteiger partial charge in [0.15, 0.2) is 0 Å². The first kappa shape index (κ1) is 16.0. The van der Waals surface area contributed by atoms with Crippen LogP contribution in [0.5, 0.6) is 0 Å². The Morgan fingerprint density at radius 3 is 2.81 bits per heavy atom. The molecule has 0 saturated carbocycles. The lowest BCUT2D eigenvalue weighted by atomic mass is 9.89. The van der Waals surface area contributed by atoms with Gasteiger partial charge in [-0.1, -0.05) is 37.3 Å². The summed E-state index contributed by atoms with van der Waals surface area (Å²) in [5.74, 6) is 0. The Morgan fingerprint density at radius 2 is 2.19 bits per heavy atom. The fourth-order valence-corrected chi connectivity index (χ4v) is 2.75. The number of nitriles is 1. The number of rotatable bonds is 6. The highest BCUT2D eigenvalue weighted by Crippen LogP contribution is 2.24. The average molecular weight is 287 g/mol. The molecule has 0 amide bonds. The zero-order chi connectivity index (χ0) is 15.1. The topological polar surface area (TPSA) is 48.3 Å². The van der Waals surface area contributed by atoms with Crippen LogP contribution in [-0.2, 0) is 10.3 Å². The molecule has 114 valence electrons. The van der Waals surface area contributed by atoms with Gasteiger partial charge in [-0.25, -0.2) is 0 Å². The fourth-order valence-electron chi connectivity index (χ4n) is 2.75. The van der Waals surface area contributed by atoms with Crippen LogP contribution in [0.1, 0.15) is 25.8 Å². The van der Waals surface area contributed by atoms with Crippen molar-refractivity contribution >= 4 is 0 Å². The molecule has 0 aromatic heterocycles. The summed E-state index contributed by atoms with van der Waals surface area (Å²) in [6, 6.07) is 12.9. The van der Waals surface area contributed by atoms with Crippen molar-refractivity contribution in [2.24, 2.45) is 0 Å². The number of nitrogens with zero attached hydrogens (tertiary/aromatic N) is 2. The zero-order valence-corrected chi connectivity index (χ0v) is 13.0. The van der Waals surface area contributed by atoms with E-state index in [1.807, 2.05) is 30.3 Å². The van der Waals surface area contributed by atoms with Crippen LogP contribution in [0, 0.1) is 11.3 Å². The highest BCUT2D eigenvalue weighted by atomic mass is 16.5. The minimum absolute atomic E-state index is 0.346. The third-order valence-corrected chi connectivity index (χ3v) is 4.08. The van der Waals surface area contributed by atoms with E-state index < -0.39 is 5.54 Å². The van der Waals surface area contributed by atoms with E-state index in [0.717, 1.165) is 38.3 Å². The number of benzene rings is 1. The average Bonchev–Trinajstić information content (AvgIpc) is 2.54. The van der Waals surface area contributed by atoms with E-state index in [0.29, 0.717) is 12.6 Å². The Balaban J connectivity index is 2.24. The minimum atomic E-state index is -0.650. The lowest BCUT2D eigenvalue weighted by molar-refractivity contribution is -0.00929. The Hall–Kier alpha value is -1.41. The van der Waals surface area contributed by atoms with Crippen LogP contribution in [-0.4, -0.2) is 43.8 Å². The van der Waals surface area contributed by atoms with E-state index in [2.05, 4.69) is 30.1 Å². The lowest BCUT2D eigenvalue weighted by Crippen LogP contribution is -2.55. The minimum Gasteiger partial charge on any atom is -0.379 e. The van der Waals surface area contributed by atoms with Gasteiger partial charge < -0.3 is 4.74 Å². The first-order valence-corrected chi connectivity index (χ1v) is 7.75. The molecule has 1 N–H and O–H groups in total. The van der Waals surface area contributed by atoms with Gasteiger partial charge in [0.05, 0.1) is 19.3 Å². The molecule has 1 fully saturated rings. The molecular weight excluding hydrogens is 262 g/mol. The molecule has 4 nitrogen and oxygen atoms in total. The predicted octanol–water partition coefficient (Wildman–Crippen LogP) is 2.13. The van der Waals surface area contributed by atoms with Crippen LogP contribution in [0.3, 0.4) is 0 Å². The quantitative estimate of drug-likeness (QED) is 0.871. The highest BCUT2D eigenvalue weighted by Gasteiger charge is 2.35. The monoisotopic (exact) mass is 287 g/mol. The van der Waals surface area contributed by atoms with E-state index in [1.54, 1.807) is 0 Å². The van der Waals surface area contributed by atoms with E-state index in [4.69, 9.17) is 4.74 Å². The van der Waals surface area contributed by atoms with Gasteiger partial charge in [0.1, 0.15) is 5.54 Å². The van der Waals surface area contributed by atoms with Crippen molar-refractivity contribution in [3.8, 4) is 6.07 Å². The van der Waals surface area contributed by atoms with Crippen molar-refractivity contribution < 1.29 is 4.74 Å². The number of hydrogen-bond acceptors (Lipinski definition) is 4. The standard InChI is InChI=1S/C17H25N3O/c1-3-9-19-17(13-18,16-7-5-4-6-8-16)14-20-10-11-21-12-15(20)2/h4-8,15,19H,3,9-12,14H2,1-2H3. The summed E-state index contributed by atoms with van der Waals surface area (Å²) in [7, 11) is 0. The summed E-state index contributed by atoms with van der Waals surface area (Å²) in [6.07, 6.45) is 1.01. The van der Waals surface area contributed by atoms with Crippen molar-refractivity contribution in [2.75, 3.05) is 32.8 Å². The van der Waals surface area contributed by atoms with Crippen molar-refractivity contribution in [1.29, 1.82) is 5.26 Å². The first-order valence-electron chi connectivity index (χ1n) is 7.75. The Morgan fingerprint density at radius 1 is 1.43 bits per heavy atom. The fraction of sp³-hybridized carbons (Fsp3) is 0.588. The second kappa shape index (κ2) is 7.56. The summed E-state index contributed by atoms with van der Waals surface area (Å²) in [5.41, 5.74) is 0.391. The third kappa shape index (κ3) is 3.82. The van der Waals surface area contributed by atoms with Gasteiger partial charge >= 0.3 is 0 Å². The van der Waals surface area contributed by atoms with Crippen LogP contribution < -0.4 is 5.32 Å². The van der Waals surface area contributed by atoms with Crippen molar-refractivity contribution in [1.82, 2.24) is 10.2 Å². The van der Waals surface area contributed by atoms with Crippen molar-refractivity contribution in [2.45, 2.75) is 31.8 Å². The van der Waals surface area contributed by atoms with Crippen LogP contribution in [0.4, 0.5) is 0 Å². The molecule has 0 spiro atoms. The molecular formula is C17H25N3O. The molecule has 0 radical (unpaired) electrons. The van der Waals surface area contributed by atoms with Gasteiger partial charge in [0, 0.05) is 19.1 Å². The normalized spacial score (nSPS) is 22.4. The second-order valence-electron chi connectivity index (χ2n) is 5.70. The van der Waals surface area contributed by atoms with Crippen LogP contribution in [0.15, 0.2) is 30.3 Å². The summed E-state index contributed by atoms with van der Waals surface area (Å²) in [5, 5.41) is 13.4. The van der Waals surface area contributed by atoms with E-state index in [-0.39, 0.29) is 0 Å². The zero-order valence-electron chi connectivity index (χ0n) is 13.0. The Labute approximate surface area is 127 Å². The van der Waals surface area contributed by atoms with Gasteiger partial charge in [-0.3, -0.25) is 10.2 Å². The molecule has 1 saturated heterocycles. The maximum atomic E-state index is 9.90.